The molecular formula is C19H18N6. The molecule has 0 saturated heterocycles. The fourth-order valence-electron chi connectivity index (χ4n) is 3.24. The summed E-state index contributed by atoms with van der Waals surface area (Å²) in [6, 6.07) is 8.07. The average Bonchev–Trinajstić information content (AvgIpc) is 3.23. The second-order valence-electron chi connectivity index (χ2n) is 6.47. The van der Waals surface area contributed by atoms with Crippen molar-refractivity contribution in [2.45, 2.75) is 32.2 Å². The molecule has 0 unspecified atom stereocenters. The summed E-state index contributed by atoms with van der Waals surface area (Å²) < 4.78 is 2.04. The van der Waals surface area contributed by atoms with E-state index in [0.29, 0.717) is 5.92 Å². The van der Waals surface area contributed by atoms with Gasteiger partial charge in [0.15, 0.2) is 5.65 Å². The maximum absolute atomic E-state index is 4.76. The smallest absolute Gasteiger partial charge is 0.182 e. The Labute approximate surface area is 145 Å². The summed E-state index contributed by atoms with van der Waals surface area (Å²) in [6.07, 6.45) is 8.10. The summed E-state index contributed by atoms with van der Waals surface area (Å²) in [5.74, 6) is 0.569. The lowest BCUT2D eigenvalue weighted by Gasteiger charge is -2.06. The van der Waals surface area contributed by atoms with E-state index in [9.17, 15) is 0 Å². The Bertz CT molecular complexity index is 1040. The van der Waals surface area contributed by atoms with Crippen molar-refractivity contribution in [3.05, 3.63) is 48.7 Å². The Kier molecular flexibility index (Phi) is 3.16. The Morgan fingerprint density at radius 3 is 2.80 bits per heavy atom. The second-order valence-corrected chi connectivity index (χ2v) is 6.47. The van der Waals surface area contributed by atoms with E-state index in [1.165, 1.54) is 18.5 Å². The van der Waals surface area contributed by atoms with Crippen LogP contribution in [-0.2, 0) is 6.54 Å². The van der Waals surface area contributed by atoms with Gasteiger partial charge in [-0.25, -0.2) is 9.97 Å². The van der Waals surface area contributed by atoms with Gasteiger partial charge in [-0.1, -0.05) is 6.07 Å². The number of pyridine rings is 2. The summed E-state index contributed by atoms with van der Waals surface area (Å²) >= 11 is 0. The number of H-pyrrole nitrogens is 1. The van der Waals surface area contributed by atoms with Gasteiger partial charge in [-0.05, 0) is 38.0 Å². The zero-order valence-electron chi connectivity index (χ0n) is 14.0. The minimum atomic E-state index is 0.569. The van der Waals surface area contributed by atoms with Gasteiger partial charge in [-0.2, -0.15) is 5.10 Å². The maximum atomic E-state index is 4.76. The number of aryl methyl sites for hydroxylation is 1. The van der Waals surface area contributed by atoms with Crippen LogP contribution in [0.5, 0.6) is 0 Å². The topological polar surface area (TPSA) is 72.3 Å². The first-order valence-electron chi connectivity index (χ1n) is 8.66. The predicted molar refractivity (Wildman–Crippen MR) is 96.0 cm³/mol. The maximum Gasteiger partial charge on any atom is 0.182 e. The van der Waals surface area contributed by atoms with Gasteiger partial charge < -0.3 is 4.57 Å². The standard InChI is InChI=1S/C19H18N6/c1-2-25-10-16(21-11-25)15-9-13(14-5-3-4-8-20-14)17-18(12-6-7-12)23-24-19(17)22-15/h3-5,8-12H,2,6-7H2,1H3,(H,22,23,24). The lowest BCUT2D eigenvalue weighted by atomic mass is 10.0. The molecule has 4 aromatic rings. The van der Waals surface area contributed by atoms with E-state index in [0.717, 1.165) is 40.2 Å². The summed E-state index contributed by atoms with van der Waals surface area (Å²) in [5.41, 5.74) is 5.63. The summed E-state index contributed by atoms with van der Waals surface area (Å²) in [4.78, 5) is 13.8. The van der Waals surface area contributed by atoms with Crippen LogP contribution in [0.1, 0.15) is 31.4 Å². The van der Waals surface area contributed by atoms with Crippen molar-refractivity contribution in [2.24, 2.45) is 0 Å². The van der Waals surface area contributed by atoms with Gasteiger partial charge in [0.2, 0.25) is 0 Å². The van der Waals surface area contributed by atoms with Crippen molar-refractivity contribution in [3.63, 3.8) is 0 Å². The van der Waals surface area contributed by atoms with Crippen molar-refractivity contribution in [1.29, 1.82) is 0 Å². The molecule has 0 amide bonds. The molecule has 0 aliphatic heterocycles. The van der Waals surface area contributed by atoms with Crippen LogP contribution in [0.25, 0.3) is 33.7 Å². The van der Waals surface area contributed by atoms with E-state index >= 15 is 0 Å². The summed E-state index contributed by atoms with van der Waals surface area (Å²) in [5, 5.41) is 8.79. The average molecular weight is 330 g/mol. The molecule has 6 heteroatoms. The number of hydrogen-bond acceptors (Lipinski definition) is 4. The Morgan fingerprint density at radius 2 is 2.08 bits per heavy atom. The lowest BCUT2D eigenvalue weighted by molar-refractivity contribution is 0.762. The second kappa shape index (κ2) is 5.51. The molecule has 1 aliphatic carbocycles. The Morgan fingerprint density at radius 1 is 1.16 bits per heavy atom. The van der Waals surface area contributed by atoms with E-state index in [1.54, 1.807) is 0 Å². The van der Waals surface area contributed by atoms with E-state index < -0.39 is 0 Å². The van der Waals surface area contributed by atoms with Crippen LogP contribution in [0.15, 0.2) is 43.0 Å². The first kappa shape index (κ1) is 14.3. The normalized spacial score (nSPS) is 14.3. The van der Waals surface area contributed by atoms with Gasteiger partial charge in [0.25, 0.3) is 0 Å². The van der Waals surface area contributed by atoms with E-state index in [4.69, 9.17) is 4.98 Å². The third-order valence-corrected chi connectivity index (χ3v) is 4.74. The van der Waals surface area contributed by atoms with Gasteiger partial charge in [-0.15, -0.1) is 0 Å². The van der Waals surface area contributed by atoms with Crippen LogP contribution in [0.3, 0.4) is 0 Å². The molecule has 25 heavy (non-hydrogen) atoms. The SMILES string of the molecule is CCn1cnc(-c2cc(-c3ccccn3)c3c(C4CC4)[nH]nc3n2)c1. The molecule has 6 nitrogen and oxygen atoms in total. The van der Waals surface area contributed by atoms with Gasteiger partial charge in [-0.3, -0.25) is 10.1 Å². The molecule has 0 radical (unpaired) electrons. The first-order valence-corrected chi connectivity index (χ1v) is 8.66. The molecule has 1 aliphatic rings. The number of hydrogen-bond donors (Lipinski definition) is 1. The summed E-state index contributed by atoms with van der Waals surface area (Å²) in [7, 11) is 0. The van der Waals surface area contributed by atoms with Crippen molar-refractivity contribution in [1.82, 2.24) is 29.7 Å². The third kappa shape index (κ3) is 2.41. The Hall–Kier alpha value is -3.02. The van der Waals surface area contributed by atoms with Crippen molar-refractivity contribution < 1.29 is 0 Å². The number of aromatic amines is 1. The quantitative estimate of drug-likeness (QED) is 0.618. The molecule has 0 aromatic carbocycles. The van der Waals surface area contributed by atoms with Crippen molar-refractivity contribution in [3.8, 4) is 22.6 Å². The van der Waals surface area contributed by atoms with Gasteiger partial charge in [0, 0.05) is 36.1 Å². The minimum absolute atomic E-state index is 0.569. The highest BCUT2D eigenvalue weighted by Gasteiger charge is 2.29. The van der Waals surface area contributed by atoms with Crippen LogP contribution >= 0.6 is 0 Å². The largest absolute Gasteiger partial charge is 0.337 e. The van der Waals surface area contributed by atoms with Crippen LogP contribution in [-0.4, -0.2) is 29.7 Å². The molecule has 0 bridgehead atoms. The molecule has 124 valence electrons. The molecule has 0 spiro atoms. The van der Waals surface area contributed by atoms with E-state index in [2.05, 4.69) is 33.2 Å². The predicted octanol–water partition coefficient (Wildman–Crippen LogP) is 3.78. The number of imidazole rings is 1. The van der Waals surface area contributed by atoms with Crippen molar-refractivity contribution >= 4 is 11.0 Å². The van der Waals surface area contributed by atoms with E-state index in [1.807, 2.05) is 41.5 Å². The zero-order valence-corrected chi connectivity index (χ0v) is 14.0. The third-order valence-electron chi connectivity index (χ3n) is 4.74. The van der Waals surface area contributed by atoms with Gasteiger partial charge in [0.1, 0.15) is 5.69 Å². The fraction of sp³-hybridized carbons (Fsp3) is 0.263. The molecule has 5 rings (SSSR count). The van der Waals surface area contributed by atoms with Crippen LogP contribution in [0.4, 0.5) is 0 Å². The number of nitrogens with zero attached hydrogens (tertiary/aromatic N) is 5. The van der Waals surface area contributed by atoms with Gasteiger partial charge >= 0.3 is 0 Å². The van der Waals surface area contributed by atoms with Crippen LogP contribution in [0.2, 0.25) is 0 Å². The highest BCUT2D eigenvalue weighted by atomic mass is 15.2. The monoisotopic (exact) mass is 330 g/mol. The molecular weight excluding hydrogens is 312 g/mol. The fourth-order valence-corrected chi connectivity index (χ4v) is 3.24. The lowest BCUT2D eigenvalue weighted by Crippen LogP contribution is -1.92. The summed E-state index contributed by atoms with van der Waals surface area (Å²) in [6.45, 7) is 2.98. The molecule has 1 N–H and O–H groups in total. The number of aromatic nitrogens is 6. The Balaban J connectivity index is 1.76. The van der Waals surface area contributed by atoms with E-state index in [-0.39, 0.29) is 0 Å². The molecule has 1 fully saturated rings. The first-order chi connectivity index (χ1) is 12.3. The number of nitrogens with one attached hydrogen (secondary N) is 1. The number of rotatable bonds is 4. The van der Waals surface area contributed by atoms with Crippen LogP contribution < -0.4 is 0 Å². The zero-order chi connectivity index (χ0) is 16.8. The van der Waals surface area contributed by atoms with Crippen molar-refractivity contribution in [2.75, 3.05) is 0 Å². The highest BCUT2D eigenvalue weighted by molar-refractivity contribution is 5.96. The van der Waals surface area contributed by atoms with Gasteiger partial charge in [0.05, 0.1) is 23.1 Å². The van der Waals surface area contributed by atoms with Crippen LogP contribution in [0, 0.1) is 0 Å². The molecule has 0 atom stereocenters. The molecule has 1 saturated carbocycles. The number of fused-ring (bicyclic) bond motifs is 1. The molecule has 4 heterocycles. The highest BCUT2D eigenvalue weighted by Crippen LogP contribution is 2.44. The minimum Gasteiger partial charge on any atom is -0.337 e. The molecule has 4 aromatic heterocycles.